The summed E-state index contributed by atoms with van der Waals surface area (Å²) >= 11 is 6.06. The molecule has 0 aliphatic carbocycles. The number of rotatable bonds is 3. The monoisotopic (exact) mass is 326 g/mol. The number of likely N-dealkylation sites (tertiary alicyclic amines) is 1. The van der Waals surface area contributed by atoms with Crippen molar-refractivity contribution < 1.29 is 4.79 Å². The molecule has 3 heterocycles. The molecule has 1 aromatic carbocycles. The van der Waals surface area contributed by atoms with E-state index in [2.05, 4.69) is 10.1 Å². The highest BCUT2D eigenvalue weighted by molar-refractivity contribution is 6.30. The van der Waals surface area contributed by atoms with E-state index in [0.717, 1.165) is 41.7 Å². The van der Waals surface area contributed by atoms with Crippen molar-refractivity contribution >= 4 is 28.5 Å². The van der Waals surface area contributed by atoms with Gasteiger partial charge in [-0.15, -0.1) is 0 Å². The molecular formula is C17H15ClN4O. The Kier molecular flexibility index (Phi) is 3.50. The van der Waals surface area contributed by atoms with Crippen LogP contribution in [-0.2, 0) is 11.3 Å². The van der Waals surface area contributed by atoms with Crippen molar-refractivity contribution in [1.82, 2.24) is 19.7 Å². The number of hydrogen-bond acceptors (Lipinski definition) is 3. The first-order valence-electron chi connectivity index (χ1n) is 7.56. The van der Waals surface area contributed by atoms with Crippen LogP contribution in [-0.4, -0.2) is 38.7 Å². The number of benzene rings is 1. The minimum atomic E-state index is 0.106. The Bertz CT molecular complexity index is 885. The highest BCUT2D eigenvalue weighted by Crippen LogP contribution is 2.25. The van der Waals surface area contributed by atoms with Crippen LogP contribution in [0.25, 0.3) is 22.2 Å². The average Bonchev–Trinajstić information content (AvgIpc) is 2.88. The van der Waals surface area contributed by atoms with Crippen LogP contribution in [0.5, 0.6) is 0 Å². The molecule has 3 aromatic rings. The Balaban J connectivity index is 1.69. The van der Waals surface area contributed by atoms with Gasteiger partial charge in [0.1, 0.15) is 12.1 Å². The van der Waals surface area contributed by atoms with Crippen LogP contribution in [0.4, 0.5) is 0 Å². The molecule has 1 fully saturated rings. The lowest BCUT2D eigenvalue weighted by molar-refractivity contribution is -0.135. The van der Waals surface area contributed by atoms with Crippen LogP contribution in [0.3, 0.4) is 0 Å². The molecule has 0 radical (unpaired) electrons. The maximum absolute atomic E-state index is 12.2. The number of pyridine rings is 1. The summed E-state index contributed by atoms with van der Waals surface area (Å²) in [6.45, 7) is 1.96. The van der Waals surface area contributed by atoms with Crippen molar-refractivity contribution in [3.8, 4) is 11.1 Å². The molecule has 2 aromatic heterocycles. The van der Waals surface area contributed by atoms with Crippen molar-refractivity contribution in [2.75, 3.05) is 13.1 Å². The lowest BCUT2D eigenvalue weighted by Crippen LogP contribution is -2.43. The molecule has 0 atom stereocenters. The van der Waals surface area contributed by atoms with Gasteiger partial charge in [-0.05, 0) is 30.2 Å². The molecule has 116 valence electrons. The van der Waals surface area contributed by atoms with Crippen molar-refractivity contribution in [1.29, 1.82) is 0 Å². The fraction of sp³-hybridized carbons (Fsp3) is 0.235. The minimum Gasteiger partial charge on any atom is -0.341 e. The maximum atomic E-state index is 12.2. The van der Waals surface area contributed by atoms with Gasteiger partial charge in [-0.1, -0.05) is 23.7 Å². The van der Waals surface area contributed by atoms with Crippen molar-refractivity contribution in [3.05, 3.63) is 47.7 Å². The first-order valence-corrected chi connectivity index (χ1v) is 7.94. The molecule has 0 unspecified atom stereocenters. The lowest BCUT2D eigenvalue weighted by Gasteiger charge is -2.30. The average molecular weight is 327 g/mol. The normalized spacial score (nSPS) is 14.0. The number of amides is 1. The van der Waals surface area contributed by atoms with E-state index < -0.39 is 0 Å². The topological polar surface area (TPSA) is 51.0 Å². The zero-order chi connectivity index (χ0) is 15.8. The highest BCUT2D eigenvalue weighted by Gasteiger charge is 2.21. The summed E-state index contributed by atoms with van der Waals surface area (Å²) in [5.74, 6) is 0.106. The van der Waals surface area contributed by atoms with Gasteiger partial charge in [-0.3, -0.25) is 14.5 Å². The van der Waals surface area contributed by atoms with Crippen LogP contribution in [0.2, 0.25) is 5.02 Å². The largest absolute Gasteiger partial charge is 0.341 e. The summed E-state index contributed by atoms with van der Waals surface area (Å²) in [6, 6.07) is 9.64. The van der Waals surface area contributed by atoms with Gasteiger partial charge in [0, 0.05) is 29.9 Å². The molecule has 0 bridgehead atoms. The molecule has 4 rings (SSSR count). The second-order valence-corrected chi connectivity index (χ2v) is 6.11. The van der Waals surface area contributed by atoms with Crippen molar-refractivity contribution in [2.45, 2.75) is 13.0 Å². The second kappa shape index (κ2) is 5.66. The molecule has 6 heteroatoms. The van der Waals surface area contributed by atoms with E-state index in [1.54, 1.807) is 17.1 Å². The minimum absolute atomic E-state index is 0.106. The Morgan fingerprint density at radius 2 is 2.04 bits per heavy atom. The molecule has 0 saturated carbocycles. The standard InChI is InChI=1S/C17H15ClN4O/c18-14-4-1-3-12(7-14)13-8-16-15(19-9-13)10-20-22(16)11-17(23)21-5-2-6-21/h1,3-4,7-10H,2,5-6,11H2. The summed E-state index contributed by atoms with van der Waals surface area (Å²) < 4.78 is 1.72. The van der Waals surface area contributed by atoms with Crippen LogP contribution in [0.1, 0.15) is 6.42 Å². The Morgan fingerprint density at radius 1 is 1.17 bits per heavy atom. The Morgan fingerprint density at radius 3 is 2.78 bits per heavy atom. The molecular weight excluding hydrogens is 312 g/mol. The number of carbonyl (C=O) groups excluding carboxylic acids is 1. The first kappa shape index (κ1) is 14.2. The number of halogens is 1. The van der Waals surface area contributed by atoms with Crippen LogP contribution < -0.4 is 0 Å². The third-order valence-corrected chi connectivity index (χ3v) is 4.38. The van der Waals surface area contributed by atoms with E-state index in [-0.39, 0.29) is 12.5 Å². The van der Waals surface area contributed by atoms with Gasteiger partial charge in [0.05, 0.1) is 11.7 Å². The molecule has 0 spiro atoms. The number of carbonyl (C=O) groups is 1. The fourth-order valence-corrected chi connectivity index (χ4v) is 2.89. The van der Waals surface area contributed by atoms with Gasteiger partial charge >= 0.3 is 0 Å². The molecule has 5 nitrogen and oxygen atoms in total. The lowest BCUT2D eigenvalue weighted by atomic mass is 10.1. The molecule has 1 aliphatic heterocycles. The van der Waals surface area contributed by atoms with Crippen LogP contribution in [0, 0.1) is 0 Å². The predicted molar refractivity (Wildman–Crippen MR) is 89.2 cm³/mol. The van der Waals surface area contributed by atoms with E-state index in [0.29, 0.717) is 5.02 Å². The van der Waals surface area contributed by atoms with E-state index >= 15 is 0 Å². The summed E-state index contributed by atoms with van der Waals surface area (Å²) in [5.41, 5.74) is 3.59. The van der Waals surface area contributed by atoms with E-state index in [9.17, 15) is 4.79 Å². The number of fused-ring (bicyclic) bond motifs is 1. The number of hydrogen-bond donors (Lipinski definition) is 0. The smallest absolute Gasteiger partial charge is 0.244 e. The van der Waals surface area contributed by atoms with Gasteiger partial charge in [-0.2, -0.15) is 5.10 Å². The Labute approximate surface area is 138 Å². The SMILES string of the molecule is O=C(Cn1ncc2ncc(-c3cccc(Cl)c3)cc21)N1CCC1. The fourth-order valence-electron chi connectivity index (χ4n) is 2.70. The van der Waals surface area contributed by atoms with E-state index in [1.165, 1.54) is 0 Å². The summed E-state index contributed by atoms with van der Waals surface area (Å²) in [6.07, 6.45) is 4.59. The van der Waals surface area contributed by atoms with E-state index in [1.807, 2.05) is 35.2 Å². The molecule has 1 amide bonds. The molecule has 0 N–H and O–H groups in total. The number of aromatic nitrogens is 3. The zero-order valence-corrected chi connectivity index (χ0v) is 13.2. The van der Waals surface area contributed by atoms with Crippen LogP contribution >= 0.6 is 11.6 Å². The molecule has 1 aliphatic rings. The van der Waals surface area contributed by atoms with Gasteiger partial charge < -0.3 is 4.90 Å². The molecule has 1 saturated heterocycles. The third-order valence-electron chi connectivity index (χ3n) is 4.15. The quantitative estimate of drug-likeness (QED) is 0.743. The third kappa shape index (κ3) is 2.68. The van der Waals surface area contributed by atoms with E-state index in [4.69, 9.17) is 11.6 Å². The predicted octanol–water partition coefficient (Wildman–Crippen LogP) is 2.98. The summed E-state index contributed by atoms with van der Waals surface area (Å²) in [5, 5.41) is 4.99. The van der Waals surface area contributed by atoms with Gasteiger partial charge in [0.15, 0.2) is 0 Å². The number of nitrogens with zero attached hydrogens (tertiary/aromatic N) is 4. The maximum Gasteiger partial charge on any atom is 0.244 e. The van der Waals surface area contributed by atoms with Gasteiger partial charge in [-0.25, -0.2) is 0 Å². The summed E-state index contributed by atoms with van der Waals surface area (Å²) in [7, 11) is 0. The van der Waals surface area contributed by atoms with Gasteiger partial charge in [0.25, 0.3) is 0 Å². The second-order valence-electron chi connectivity index (χ2n) is 5.68. The molecule has 23 heavy (non-hydrogen) atoms. The summed E-state index contributed by atoms with van der Waals surface area (Å²) in [4.78, 5) is 18.5. The van der Waals surface area contributed by atoms with Crippen LogP contribution in [0.15, 0.2) is 42.7 Å². The van der Waals surface area contributed by atoms with Crippen molar-refractivity contribution in [3.63, 3.8) is 0 Å². The first-order chi connectivity index (χ1) is 11.2. The Hall–Kier alpha value is -2.40. The van der Waals surface area contributed by atoms with Crippen molar-refractivity contribution in [2.24, 2.45) is 0 Å². The van der Waals surface area contributed by atoms with Gasteiger partial charge in [0.2, 0.25) is 5.91 Å². The zero-order valence-electron chi connectivity index (χ0n) is 12.4. The highest BCUT2D eigenvalue weighted by atomic mass is 35.5.